The van der Waals surface area contributed by atoms with Gasteiger partial charge in [-0.05, 0) is 18.1 Å². The molecule has 5 heteroatoms. The largest absolute Gasteiger partial charge is 0.478 e. The molecule has 0 spiro atoms. The lowest BCUT2D eigenvalue weighted by atomic mass is 10.1. The Morgan fingerprint density at radius 1 is 1.59 bits per heavy atom. The third-order valence-corrected chi connectivity index (χ3v) is 2.41. The maximum absolute atomic E-state index is 11.0. The molecule has 1 unspecified atom stereocenters. The molecule has 0 aliphatic carbocycles. The van der Waals surface area contributed by atoms with Gasteiger partial charge in [0.05, 0.1) is 23.5 Å². The number of aromatic carboxylic acids is 1. The molecule has 0 heterocycles. The molecule has 1 aromatic rings. The minimum absolute atomic E-state index is 0.189. The monoisotopic (exact) mass is 238 g/mol. The number of anilines is 2. The molecule has 1 rings (SSSR count). The van der Waals surface area contributed by atoms with Crippen LogP contribution >= 0.6 is 0 Å². The predicted octanol–water partition coefficient (Wildman–Crippen LogP) is 1.66. The summed E-state index contributed by atoms with van der Waals surface area (Å²) >= 11 is 0. The molecule has 94 valence electrons. The lowest BCUT2D eigenvalue weighted by Crippen LogP contribution is -2.18. The molecule has 17 heavy (non-hydrogen) atoms. The van der Waals surface area contributed by atoms with Crippen molar-refractivity contribution in [3.63, 3.8) is 0 Å². The van der Waals surface area contributed by atoms with E-state index in [0.717, 1.165) is 0 Å². The summed E-state index contributed by atoms with van der Waals surface area (Å²) in [5, 5.41) is 12.1. The Bertz CT molecular complexity index is 393. The van der Waals surface area contributed by atoms with Gasteiger partial charge in [0.1, 0.15) is 0 Å². The summed E-state index contributed by atoms with van der Waals surface area (Å²) in [5.41, 5.74) is 6.87. The molecule has 0 saturated heterocycles. The number of nitrogens with one attached hydrogen (secondary N) is 1. The van der Waals surface area contributed by atoms with Gasteiger partial charge in [0.2, 0.25) is 0 Å². The van der Waals surface area contributed by atoms with Crippen LogP contribution in [0.3, 0.4) is 0 Å². The number of nitrogen functional groups attached to an aromatic ring is 1. The van der Waals surface area contributed by atoms with Crippen LogP contribution in [-0.2, 0) is 4.74 Å². The first kappa shape index (κ1) is 13.3. The van der Waals surface area contributed by atoms with Gasteiger partial charge in [0, 0.05) is 13.7 Å². The van der Waals surface area contributed by atoms with Crippen molar-refractivity contribution in [1.82, 2.24) is 0 Å². The van der Waals surface area contributed by atoms with E-state index in [1.54, 1.807) is 19.2 Å². The van der Waals surface area contributed by atoms with Gasteiger partial charge in [-0.3, -0.25) is 0 Å². The topological polar surface area (TPSA) is 84.6 Å². The van der Waals surface area contributed by atoms with Crippen LogP contribution in [0.25, 0.3) is 0 Å². The van der Waals surface area contributed by atoms with E-state index < -0.39 is 5.97 Å². The molecular formula is C12H18N2O3. The van der Waals surface area contributed by atoms with E-state index in [-0.39, 0.29) is 11.5 Å². The van der Waals surface area contributed by atoms with Crippen LogP contribution < -0.4 is 11.1 Å². The SMILES string of the molecule is COCC(C)CNc1c(N)cccc1C(=O)O. The van der Waals surface area contributed by atoms with Crippen LogP contribution in [0.5, 0.6) is 0 Å². The quantitative estimate of drug-likeness (QED) is 0.656. The number of benzene rings is 1. The van der Waals surface area contributed by atoms with Crippen LogP contribution in [0.4, 0.5) is 11.4 Å². The zero-order valence-electron chi connectivity index (χ0n) is 10.1. The van der Waals surface area contributed by atoms with Gasteiger partial charge in [0.15, 0.2) is 0 Å². The van der Waals surface area contributed by atoms with E-state index in [9.17, 15) is 4.79 Å². The van der Waals surface area contributed by atoms with Crippen LogP contribution in [0, 0.1) is 5.92 Å². The van der Waals surface area contributed by atoms with Gasteiger partial charge in [-0.15, -0.1) is 0 Å². The Morgan fingerprint density at radius 2 is 2.29 bits per heavy atom. The molecule has 0 bridgehead atoms. The summed E-state index contributed by atoms with van der Waals surface area (Å²) < 4.78 is 5.01. The predicted molar refractivity (Wildman–Crippen MR) is 67.3 cm³/mol. The zero-order chi connectivity index (χ0) is 12.8. The van der Waals surface area contributed by atoms with Crippen molar-refractivity contribution in [2.45, 2.75) is 6.92 Å². The van der Waals surface area contributed by atoms with Crippen molar-refractivity contribution in [1.29, 1.82) is 0 Å². The first-order valence-corrected chi connectivity index (χ1v) is 5.40. The highest BCUT2D eigenvalue weighted by Gasteiger charge is 2.12. The molecule has 0 aromatic heterocycles. The second-order valence-electron chi connectivity index (χ2n) is 4.02. The highest BCUT2D eigenvalue weighted by atomic mass is 16.5. The minimum atomic E-state index is -0.987. The molecular weight excluding hydrogens is 220 g/mol. The van der Waals surface area contributed by atoms with Gasteiger partial charge in [-0.25, -0.2) is 4.79 Å². The molecule has 4 N–H and O–H groups in total. The Labute approximate surface area is 101 Å². The third-order valence-electron chi connectivity index (χ3n) is 2.41. The van der Waals surface area contributed by atoms with Crippen molar-refractivity contribution in [3.05, 3.63) is 23.8 Å². The Hall–Kier alpha value is -1.75. The maximum Gasteiger partial charge on any atom is 0.337 e. The summed E-state index contributed by atoms with van der Waals surface area (Å²) in [4.78, 5) is 11.0. The zero-order valence-corrected chi connectivity index (χ0v) is 10.1. The fourth-order valence-electron chi connectivity index (χ4n) is 1.57. The van der Waals surface area contributed by atoms with Crippen LogP contribution in [0.15, 0.2) is 18.2 Å². The number of carboxylic acid groups (broad SMARTS) is 1. The first-order valence-electron chi connectivity index (χ1n) is 5.40. The van der Waals surface area contributed by atoms with Gasteiger partial charge in [-0.2, -0.15) is 0 Å². The van der Waals surface area contributed by atoms with Crippen molar-refractivity contribution in [3.8, 4) is 0 Å². The highest BCUT2D eigenvalue weighted by Crippen LogP contribution is 2.23. The summed E-state index contributed by atoms with van der Waals surface area (Å²) in [6, 6.07) is 4.83. The smallest absolute Gasteiger partial charge is 0.337 e. The Balaban J connectivity index is 2.79. The van der Waals surface area contributed by atoms with Crippen molar-refractivity contribution in [2.75, 3.05) is 31.3 Å². The molecule has 0 saturated carbocycles. The van der Waals surface area contributed by atoms with Crippen molar-refractivity contribution in [2.24, 2.45) is 5.92 Å². The lowest BCUT2D eigenvalue weighted by Gasteiger charge is -2.15. The maximum atomic E-state index is 11.0. The second kappa shape index (κ2) is 6.10. The molecule has 1 aromatic carbocycles. The van der Waals surface area contributed by atoms with Crippen LogP contribution in [0.1, 0.15) is 17.3 Å². The number of hydrogen-bond donors (Lipinski definition) is 3. The van der Waals surface area contributed by atoms with Crippen molar-refractivity contribution >= 4 is 17.3 Å². The van der Waals surface area contributed by atoms with E-state index in [1.165, 1.54) is 6.07 Å². The lowest BCUT2D eigenvalue weighted by molar-refractivity contribution is 0.0698. The summed E-state index contributed by atoms with van der Waals surface area (Å²) in [7, 11) is 1.63. The number of nitrogens with two attached hydrogens (primary N) is 1. The fourth-order valence-corrected chi connectivity index (χ4v) is 1.57. The highest BCUT2D eigenvalue weighted by molar-refractivity contribution is 5.97. The number of carboxylic acids is 1. The van der Waals surface area contributed by atoms with Crippen molar-refractivity contribution < 1.29 is 14.6 Å². The number of hydrogen-bond acceptors (Lipinski definition) is 4. The Morgan fingerprint density at radius 3 is 2.88 bits per heavy atom. The molecule has 0 aliphatic rings. The minimum Gasteiger partial charge on any atom is -0.478 e. The number of methoxy groups -OCH3 is 1. The molecule has 0 radical (unpaired) electrons. The van der Waals surface area contributed by atoms with Gasteiger partial charge < -0.3 is 20.9 Å². The molecule has 0 fully saturated rings. The van der Waals surface area contributed by atoms with Crippen LogP contribution in [-0.4, -0.2) is 31.3 Å². The third kappa shape index (κ3) is 3.64. The molecule has 0 aliphatic heterocycles. The molecule has 0 amide bonds. The van der Waals surface area contributed by atoms with E-state index in [0.29, 0.717) is 24.5 Å². The first-order chi connectivity index (χ1) is 8.06. The number of ether oxygens (including phenoxy) is 1. The van der Waals surface area contributed by atoms with Crippen LogP contribution in [0.2, 0.25) is 0 Å². The average molecular weight is 238 g/mol. The normalized spacial score (nSPS) is 12.1. The van der Waals surface area contributed by atoms with Gasteiger partial charge in [-0.1, -0.05) is 13.0 Å². The van der Waals surface area contributed by atoms with E-state index in [1.807, 2.05) is 6.92 Å². The summed E-state index contributed by atoms with van der Waals surface area (Å²) in [6.07, 6.45) is 0. The average Bonchev–Trinajstić information content (AvgIpc) is 2.27. The second-order valence-corrected chi connectivity index (χ2v) is 4.02. The molecule has 1 atom stereocenters. The van der Waals surface area contributed by atoms with E-state index in [2.05, 4.69) is 5.32 Å². The van der Waals surface area contributed by atoms with Gasteiger partial charge >= 0.3 is 5.97 Å². The number of rotatable bonds is 6. The molecule has 5 nitrogen and oxygen atoms in total. The van der Waals surface area contributed by atoms with Gasteiger partial charge in [0.25, 0.3) is 0 Å². The number of carbonyl (C=O) groups is 1. The van der Waals surface area contributed by atoms with E-state index >= 15 is 0 Å². The number of para-hydroxylation sites is 1. The van der Waals surface area contributed by atoms with E-state index in [4.69, 9.17) is 15.6 Å². The summed E-state index contributed by atoms with van der Waals surface area (Å²) in [6.45, 7) is 3.24. The summed E-state index contributed by atoms with van der Waals surface area (Å²) in [5.74, 6) is -0.708. The standard InChI is InChI=1S/C12H18N2O3/c1-8(7-17-2)6-14-11-9(12(15)16)4-3-5-10(11)13/h3-5,8,14H,6-7,13H2,1-2H3,(H,15,16). The fraction of sp³-hybridized carbons (Fsp3) is 0.417. The Kier molecular flexibility index (Phi) is 4.78.